The van der Waals surface area contributed by atoms with E-state index in [1.165, 1.54) is 24.6 Å². The van der Waals surface area contributed by atoms with Crippen molar-refractivity contribution < 1.29 is 14.3 Å². The number of ether oxygens (including phenoxy) is 1. The number of aromatic nitrogens is 1. The lowest BCUT2D eigenvalue weighted by Crippen LogP contribution is -2.41. The number of pyridine rings is 1. The molecule has 0 aromatic carbocycles. The van der Waals surface area contributed by atoms with Crippen LogP contribution in [-0.4, -0.2) is 67.6 Å². The van der Waals surface area contributed by atoms with Crippen LogP contribution in [0.4, 0.5) is 0 Å². The van der Waals surface area contributed by atoms with E-state index in [0.29, 0.717) is 18.7 Å². The molecule has 7 heteroatoms. The van der Waals surface area contributed by atoms with Crippen LogP contribution in [0.2, 0.25) is 0 Å². The Labute approximate surface area is 166 Å². The fourth-order valence-electron chi connectivity index (χ4n) is 3.51. The maximum absolute atomic E-state index is 12.4. The Hall–Kier alpha value is -2.25. The molecule has 2 N–H and O–H groups in total. The van der Waals surface area contributed by atoms with Crippen LogP contribution in [0, 0.1) is 0 Å². The van der Waals surface area contributed by atoms with Gasteiger partial charge < -0.3 is 15.4 Å². The Bertz CT molecular complexity index is 699. The molecule has 0 bridgehead atoms. The van der Waals surface area contributed by atoms with Crippen LogP contribution in [-0.2, 0) is 4.74 Å². The molecule has 152 valence electrons. The smallest absolute Gasteiger partial charge is 0.269 e. The van der Waals surface area contributed by atoms with Crippen LogP contribution in [0.25, 0.3) is 0 Å². The number of amides is 2. The molecular weight excluding hydrogens is 356 g/mol. The molecule has 28 heavy (non-hydrogen) atoms. The maximum Gasteiger partial charge on any atom is 0.269 e. The standard InChI is InChI=1S/C21H30N4O3/c26-20(23-8-6-17-4-2-1-3-5-17)18-7-9-22-19(16-18)21(27)24-10-11-25-12-14-28-15-13-25/h4,7,9,16H,1-3,5-6,8,10-15H2,(H,23,26)(H,24,27). The fourth-order valence-corrected chi connectivity index (χ4v) is 3.51. The monoisotopic (exact) mass is 386 g/mol. The lowest BCUT2D eigenvalue weighted by atomic mass is 9.97. The number of hydrogen-bond acceptors (Lipinski definition) is 5. The molecule has 2 heterocycles. The zero-order valence-corrected chi connectivity index (χ0v) is 16.4. The van der Waals surface area contributed by atoms with Gasteiger partial charge in [0, 0.05) is 44.5 Å². The van der Waals surface area contributed by atoms with Crippen LogP contribution < -0.4 is 10.6 Å². The SMILES string of the molecule is O=C(NCCC1=CCCCC1)c1ccnc(C(=O)NCCN2CCOCC2)c1. The summed E-state index contributed by atoms with van der Waals surface area (Å²) < 4.78 is 5.31. The first-order valence-corrected chi connectivity index (χ1v) is 10.2. The highest BCUT2D eigenvalue weighted by molar-refractivity contribution is 5.98. The number of carbonyl (C=O) groups is 2. The van der Waals surface area contributed by atoms with Gasteiger partial charge in [-0.25, -0.2) is 0 Å². The summed E-state index contributed by atoms with van der Waals surface area (Å²) in [5, 5.41) is 5.82. The van der Waals surface area contributed by atoms with Gasteiger partial charge in [-0.1, -0.05) is 11.6 Å². The minimum atomic E-state index is -0.254. The third-order valence-electron chi connectivity index (χ3n) is 5.19. The highest BCUT2D eigenvalue weighted by Crippen LogP contribution is 2.19. The van der Waals surface area contributed by atoms with Crippen molar-refractivity contribution in [3.8, 4) is 0 Å². The second kappa shape index (κ2) is 10.9. The Morgan fingerprint density at radius 3 is 2.71 bits per heavy atom. The van der Waals surface area contributed by atoms with Crippen molar-refractivity contribution in [1.29, 1.82) is 0 Å². The van der Waals surface area contributed by atoms with Crippen LogP contribution in [0.5, 0.6) is 0 Å². The van der Waals surface area contributed by atoms with Crippen molar-refractivity contribution in [2.75, 3.05) is 45.9 Å². The maximum atomic E-state index is 12.4. The minimum absolute atomic E-state index is 0.166. The number of hydrogen-bond donors (Lipinski definition) is 2. The van der Waals surface area contributed by atoms with Crippen molar-refractivity contribution in [3.05, 3.63) is 41.2 Å². The van der Waals surface area contributed by atoms with Crippen molar-refractivity contribution in [3.63, 3.8) is 0 Å². The van der Waals surface area contributed by atoms with Gasteiger partial charge in [0.15, 0.2) is 0 Å². The number of morpholine rings is 1. The van der Waals surface area contributed by atoms with Gasteiger partial charge in [0.25, 0.3) is 11.8 Å². The molecule has 1 fully saturated rings. The number of carbonyl (C=O) groups excluding carboxylic acids is 2. The van der Waals surface area contributed by atoms with E-state index in [2.05, 4.69) is 26.6 Å². The van der Waals surface area contributed by atoms with Gasteiger partial charge in [0.2, 0.25) is 0 Å². The van der Waals surface area contributed by atoms with Crippen molar-refractivity contribution in [1.82, 2.24) is 20.5 Å². The van der Waals surface area contributed by atoms with Gasteiger partial charge in [0.1, 0.15) is 5.69 Å². The number of allylic oxidation sites excluding steroid dienone is 1. The van der Waals surface area contributed by atoms with E-state index < -0.39 is 0 Å². The van der Waals surface area contributed by atoms with Crippen LogP contribution >= 0.6 is 0 Å². The molecule has 1 aliphatic carbocycles. The second-order valence-corrected chi connectivity index (χ2v) is 7.25. The second-order valence-electron chi connectivity index (χ2n) is 7.25. The molecule has 2 amide bonds. The first-order chi connectivity index (χ1) is 13.7. The van der Waals surface area contributed by atoms with Crippen LogP contribution in [0.15, 0.2) is 30.0 Å². The molecule has 2 aliphatic rings. The molecule has 1 aromatic heterocycles. The van der Waals surface area contributed by atoms with Gasteiger partial charge in [0.05, 0.1) is 13.2 Å². The Morgan fingerprint density at radius 2 is 1.93 bits per heavy atom. The van der Waals surface area contributed by atoms with E-state index in [1.807, 2.05) is 0 Å². The minimum Gasteiger partial charge on any atom is -0.379 e. The summed E-state index contributed by atoms with van der Waals surface area (Å²) in [6.45, 7) is 5.21. The quantitative estimate of drug-likeness (QED) is 0.665. The molecule has 7 nitrogen and oxygen atoms in total. The number of nitrogens with zero attached hydrogens (tertiary/aromatic N) is 2. The highest BCUT2D eigenvalue weighted by atomic mass is 16.5. The largest absolute Gasteiger partial charge is 0.379 e. The van der Waals surface area contributed by atoms with Gasteiger partial charge in [-0.3, -0.25) is 19.5 Å². The molecule has 3 rings (SSSR count). The molecule has 0 radical (unpaired) electrons. The summed E-state index contributed by atoms with van der Waals surface area (Å²) >= 11 is 0. The van der Waals surface area contributed by atoms with E-state index in [0.717, 1.165) is 52.1 Å². The summed E-state index contributed by atoms with van der Waals surface area (Å²) in [7, 11) is 0. The first kappa shape index (κ1) is 20.5. The van der Waals surface area contributed by atoms with Gasteiger partial charge in [-0.15, -0.1) is 0 Å². The normalized spacial score (nSPS) is 17.6. The lowest BCUT2D eigenvalue weighted by Gasteiger charge is -2.26. The summed E-state index contributed by atoms with van der Waals surface area (Å²) in [6.07, 6.45) is 9.50. The van der Waals surface area contributed by atoms with Crippen LogP contribution in [0.3, 0.4) is 0 Å². The lowest BCUT2D eigenvalue weighted by molar-refractivity contribution is 0.0383. The summed E-state index contributed by atoms with van der Waals surface area (Å²) in [5.74, 6) is -0.420. The predicted octanol–water partition coefficient (Wildman–Crippen LogP) is 1.76. The Balaban J connectivity index is 1.43. The van der Waals surface area contributed by atoms with Gasteiger partial charge >= 0.3 is 0 Å². The molecule has 0 saturated carbocycles. The number of nitrogens with one attached hydrogen (secondary N) is 2. The van der Waals surface area contributed by atoms with Gasteiger partial charge in [-0.2, -0.15) is 0 Å². The average molecular weight is 386 g/mol. The fraction of sp³-hybridized carbons (Fsp3) is 0.571. The zero-order chi connectivity index (χ0) is 19.6. The van der Waals surface area contributed by atoms with E-state index in [-0.39, 0.29) is 17.5 Å². The van der Waals surface area contributed by atoms with Crippen molar-refractivity contribution in [2.45, 2.75) is 32.1 Å². The molecule has 1 aliphatic heterocycles. The molecule has 0 unspecified atom stereocenters. The van der Waals surface area contributed by atoms with Crippen LogP contribution in [0.1, 0.15) is 53.0 Å². The molecule has 1 saturated heterocycles. The third kappa shape index (κ3) is 6.42. The Morgan fingerprint density at radius 1 is 1.11 bits per heavy atom. The van der Waals surface area contributed by atoms with E-state index in [1.54, 1.807) is 12.1 Å². The third-order valence-corrected chi connectivity index (χ3v) is 5.19. The molecular formula is C21H30N4O3. The topological polar surface area (TPSA) is 83.6 Å². The first-order valence-electron chi connectivity index (χ1n) is 10.2. The average Bonchev–Trinajstić information content (AvgIpc) is 2.75. The Kier molecular flexibility index (Phi) is 7.99. The molecule has 1 aromatic rings. The van der Waals surface area contributed by atoms with Crippen molar-refractivity contribution in [2.24, 2.45) is 0 Å². The van der Waals surface area contributed by atoms with E-state index >= 15 is 0 Å². The van der Waals surface area contributed by atoms with Gasteiger partial charge in [-0.05, 0) is 44.2 Å². The van der Waals surface area contributed by atoms with E-state index in [9.17, 15) is 9.59 Å². The molecule has 0 atom stereocenters. The highest BCUT2D eigenvalue weighted by Gasteiger charge is 2.14. The summed E-state index contributed by atoms with van der Waals surface area (Å²) in [6, 6.07) is 3.19. The summed E-state index contributed by atoms with van der Waals surface area (Å²) in [4.78, 5) is 31.1. The summed E-state index contributed by atoms with van der Waals surface area (Å²) in [5.41, 5.74) is 2.16. The van der Waals surface area contributed by atoms with Crippen molar-refractivity contribution >= 4 is 11.8 Å². The zero-order valence-electron chi connectivity index (χ0n) is 16.4. The number of rotatable bonds is 8. The van der Waals surface area contributed by atoms with E-state index in [4.69, 9.17) is 4.74 Å². The molecule has 0 spiro atoms. The predicted molar refractivity (Wildman–Crippen MR) is 107 cm³/mol.